The van der Waals surface area contributed by atoms with Crippen molar-refractivity contribution in [3.8, 4) is 5.75 Å². The number of anilines is 1. The molecule has 6 heteroatoms. The maximum Gasteiger partial charge on any atom is 0.251 e. The summed E-state index contributed by atoms with van der Waals surface area (Å²) in [7, 11) is 0. The van der Waals surface area contributed by atoms with Crippen LogP contribution in [-0.4, -0.2) is 43.0 Å². The third-order valence-corrected chi connectivity index (χ3v) is 3.23. The van der Waals surface area contributed by atoms with Crippen LogP contribution in [0.2, 0.25) is 0 Å². The zero-order chi connectivity index (χ0) is 14.6. The summed E-state index contributed by atoms with van der Waals surface area (Å²) in [5, 5.41) is 12.8. The SMILES string of the molecule is CCOc1ccc(C(=O)NCC2(O)CCOC2)cc1N. The molecule has 2 rings (SSSR count). The van der Waals surface area contributed by atoms with Crippen LogP contribution in [0.5, 0.6) is 5.75 Å². The van der Waals surface area contributed by atoms with Gasteiger partial charge in [-0.05, 0) is 25.1 Å². The zero-order valence-electron chi connectivity index (χ0n) is 11.5. The van der Waals surface area contributed by atoms with E-state index in [4.69, 9.17) is 15.2 Å². The van der Waals surface area contributed by atoms with Gasteiger partial charge < -0.3 is 25.6 Å². The summed E-state index contributed by atoms with van der Waals surface area (Å²) >= 11 is 0. The second-order valence-electron chi connectivity index (χ2n) is 4.90. The summed E-state index contributed by atoms with van der Waals surface area (Å²) in [6.45, 7) is 3.31. The second kappa shape index (κ2) is 6.11. The molecule has 20 heavy (non-hydrogen) atoms. The molecule has 1 aromatic carbocycles. The van der Waals surface area contributed by atoms with Gasteiger partial charge in [0.1, 0.15) is 11.4 Å². The van der Waals surface area contributed by atoms with Gasteiger partial charge in [-0.15, -0.1) is 0 Å². The number of rotatable bonds is 5. The van der Waals surface area contributed by atoms with Crippen LogP contribution in [0.3, 0.4) is 0 Å². The standard InChI is InChI=1S/C14H20N2O4/c1-2-20-12-4-3-10(7-11(12)15)13(17)16-8-14(18)5-6-19-9-14/h3-4,7,18H,2,5-6,8-9,15H2,1H3,(H,16,17). The van der Waals surface area contributed by atoms with Crippen molar-refractivity contribution >= 4 is 11.6 Å². The van der Waals surface area contributed by atoms with Crippen molar-refractivity contribution in [3.63, 3.8) is 0 Å². The summed E-state index contributed by atoms with van der Waals surface area (Å²) in [5.74, 6) is 0.284. The van der Waals surface area contributed by atoms with Crippen LogP contribution >= 0.6 is 0 Å². The summed E-state index contributed by atoms with van der Waals surface area (Å²) in [5.41, 5.74) is 5.71. The Balaban J connectivity index is 1.97. The largest absolute Gasteiger partial charge is 0.492 e. The van der Waals surface area contributed by atoms with E-state index in [0.717, 1.165) is 0 Å². The monoisotopic (exact) mass is 280 g/mol. The molecule has 1 heterocycles. The van der Waals surface area contributed by atoms with Gasteiger partial charge in [0.05, 0.1) is 18.9 Å². The van der Waals surface area contributed by atoms with Crippen molar-refractivity contribution in [2.24, 2.45) is 0 Å². The Morgan fingerprint density at radius 1 is 1.60 bits per heavy atom. The Labute approximate surface area is 117 Å². The number of amides is 1. The minimum atomic E-state index is -0.966. The molecular weight excluding hydrogens is 260 g/mol. The summed E-state index contributed by atoms with van der Waals surface area (Å²) < 4.78 is 10.4. The van der Waals surface area contributed by atoms with E-state index in [9.17, 15) is 9.90 Å². The van der Waals surface area contributed by atoms with Gasteiger partial charge in [-0.3, -0.25) is 4.79 Å². The number of nitrogen functional groups attached to an aromatic ring is 1. The summed E-state index contributed by atoms with van der Waals surface area (Å²) in [6, 6.07) is 4.88. The fourth-order valence-corrected chi connectivity index (χ4v) is 2.06. The highest BCUT2D eigenvalue weighted by molar-refractivity contribution is 5.95. The minimum absolute atomic E-state index is 0.166. The van der Waals surface area contributed by atoms with Gasteiger partial charge in [-0.25, -0.2) is 0 Å². The first kappa shape index (κ1) is 14.6. The fourth-order valence-electron chi connectivity index (χ4n) is 2.06. The molecule has 6 nitrogen and oxygen atoms in total. The number of carbonyl (C=O) groups excluding carboxylic acids is 1. The predicted octanol–water partition coefficient (Wildman–Crippen LogP) is 0.549. The first-order chi connectivity index (χ1) is 9.54. The molecule has 0 spiro atoms. The number of carbonyl (C=O) groups is 1. The Morgan fingerprint density at radius 3 is 3.00 bits per heavy atom. The lowest BCUT2D eigenvalue weighted by Gasteiger charge is -2.20. The topological polar surface area (TPSA) is 93.8 Å². The van der Waals surface area contributed by atoms with Gasteiger partial charge in [0.2, 0.25) is 0 Å². The fraction of sp³-hybridized carbons (Fsp3) is 0.500. The van der Waals surface area contributed by atoms with Crippen LogP contribution in [0.25, 0.3) is 0 Å². The Morgan fingerprint density at radius 2 is 2.40 bits per heavy atom. The number of ether oxygens (including phenoxy) is 2. The van der Waals surface area contributed by atoms with Crippen LogP contribution in [0, 0.1) is 0 Å². The molecule has 1 aliphatic heterocycles. The van der Waals surface area contributed by atoms with E-state index in [1.807, 2.05) is 6.92 Å². The van der Waals surface area contributed by atoms with Crippen LogP contribution in [0.4, 0.5) is 5.69 Å². The maximum absolute atomic E-state index is 12.0. The van der Waals surface area contributed by atoms with Gasteiger partial charge in [-0.2, -0.15) is 0 Å². The van der Waals surface area contributed by atoms with Crippen LogP contribution in [-0.2, 0) is 4.74 Å². The molecular formula is C14H20N2O4. The molecule has 0 saturated carbocycles. The van der Waals surface area contributed by atoms with Crippen molar-refractivity contribution in [2.45, 2.75) is 18.9 Å². The second-order valence-corrected chi connectivity index (χ2v) is 4.90. The van der Waals surface area contributed by atoms with Gasteiger partial charge in [0, 0.05) is 25.1 Å². The number of hydrogen-bond acceptors (Lipinski definition) is 5. The van der Waals surface area contributed by atoms with E-state index >= 15 is 0 Å². The van der Waals surface area contributed by atoms with Crippen molar-refractivity contribution in [1.29, 1.82) is 0 Å². The third-order valence-electron chi connectivity index (χ3n) is 3.23. The lowest BCUT2D eigenvalue weighted by molar-refractivity contribution is 0.0264. The van der Waals surface area contributed by atoms with Crippen molar-refractivity contribution in [2.75, 3.05) is 32.1 Å². The molecule has 110 valence electrons. The summed E-state index contributed by atoms with van der Waals surface area (Å²) in [4.78, 5) is 12.0. The molecule has 0 radical (unpaired) electrons. The normalized spacial score (nSPS) is 21.7. The molecule has 1 aromatic rings. The van der Waals surface area contributed by atoms with E-state index in [-0.39, 0.29) is 19.1 Å². The Kier molecular flexibility index (Phi) is 4.46. The molecule has 4 N–H and O–H groups in total. The highest BCUT2D eigenvalue weighted by Gasteiger charge is 2.32. The quantitative estimate of drug-likeness (QED) is 0.685. The van der Waals surface area contributed by atoms with Gasteiger partial charge >= 0.3 is 0 Å². The van der Waals surface area contributed by atoms with Crippen molar-refractivity contribution in [1.82, 2.24) is 5.32 Å². The molecule has 1 amide bonds. The van der Waals surface area contributed by atoms with Crippen LogP contribution < -0.4 is 15.8 Å². The molecule has 1 fully saturated rings. The van der Waals surface area contributed by atoms with E-state index in [1.54, 1.807) is 18.2 Å². The zero-order valence-corrected chi connectivity index (χ0v) is 11.5. The van der Waals surface area contributed by atoms with E-state index in [0.29, 0.717) is 36.6 Å². The lowest BCUT2D eigenvalue weighted by atomic mass is 10.0. The highest BCUT2D eigenvalue weighted by atomic mass is 16.5. The number of benzene rings is 1. The molecule has 1 unspecified atom stereocenters. The smallest absolute Gasteiger partial charge is 0.251 e. The number of hydrogen-bond donors (Lipinski definition) is 3. The molecule has 1 aliphatic rings. The predicted molar refractivity (Wildman–Crippen MR) is 74.7 cm³/mol. The lowest BCUT2D eigenvalue weighted by Crippen LogP contribution is -2.43. The number of nitrogens with two attached hydrogens (primary N) is 1. The van der Waals surface area contributed by atoms with Gasteiger partial charge in [0.15, 0.2) is 0 Å². The number of nitrogens with one attached hydrogen (secondary N) is 1. The first-order valence-corrected chi connectivity index (χ1v) is 6.65. The Hall–Kier alpha value is -1.79. The summed E-state index contributed by atoms with van der Waals surface area (Å²) in [6.07, 6.45) is 0.526. The van der Waals surface area contributed by atoms with Gasteiger partial charge in [0.25, 0.3) is 5.91 Å². The molecule has 0 bridgehead atoms. The number of aliphatic hydroxyl groups is 1. The average molecular weight is 280 g/mol. The van der Waals surface area contributed by atoms with Crippen LogP contribution in [0.1, 0.15) is 23.7 Å². The molecule has 0 aromatic heterocycles. The molecule has 1 saturated heterocycles. The van der Waals surface area contributed by atoms with Crippen LogP contribution in [0.15, 0.2) is 18.2 Å². The van der Waals surface area contributed by atoms with E-state index < -0.39 is 5.60 Å². The maximum atomic E-state index is 12.0. The Bertz CT molecular complexity index is 484. The van der Waals surface area contributed by atoms with E-state index in [2.05, 4.69) is 5.32 Å². The van der Waals surface area contributed by atoms with Crippen molar-refractivity contribution < 1.29 is 19.4 Å². The van der Waals surface area contributed by atoms with Gasteiger partial charge in [-0.1, -0.05) is 0 Å². The molecule has 1 atom stereocenters. The minimum Gasteiger partial charge on any atom is -0.492 e. The molecule has 0 aliphatic carbocycles. The average Bonchev–Trinajstić information content (AvgIpc) is 2.86. The first-order valence-electron chi connectivity index (χ1n) is 6.65. The van der Waals surface area contributed by atoms with E-state index in [1.165, 1.54) is 0 Å². The highest BCUT2D eigenvalue weighted by Crippen LogP contribution is 2.22. The third kappa shape index (κ3) is 3.40. The van der Waals surface area contributed by atoms with Crippen molar-refractivity contribution in [3.05, 3.63) is 23.8 Å².